The summed E-state index contributed by atoms with van der Waals surface area (Å²) in [6.07, 6.45) is 2.06. The van der Waals surface area contributed by atoms with Crippen LogP contribution in [-0.4, -0.2) is 18.5 Å². The molecule has 1 amide bonds. The molecular weight excluding hydrogens is 212 g/mol. The van der Waals surface area contributed by atoms with E-state index in [4.69, 9.17) is 0 Å². The van der Waals surface area contributed by atoms with Crippen LogP contribution in [0.5, 0.6) is 0 Å². The van der Waals surface area contributed by atoms with Crippen LogP contribution >= 0.6 is 0 Å². The number of carbonyl (C=O) groups is 1. The molecule has 1 atom stereocenters. The van der Waals surface area contributed by atoms with Gasteiger partial charge < -0.3 is 10.6 Å². The monoisotopic (exact) mass is 232 g/mol. The van der Waals surface area contributed by atoms with Crippen molar-refractivity contribution < 1.29 is 4.79 Å². The number of aryl methyl sites for hydroxylation is 2. The Balaban J connectivity index is 1.90. The van der Waals surface area contributed by atoms with E-state index in [0.29, 0.717) is 6.54 Å². The summed E-state index contributed by atoms with van der Waals surface area (Å²) >= 11 is 0. The van der Waals surface area contributed by atoms with Crippen LogP contribution in [0.4, 0.5) is 0 Å². The molecule has 0 spiro atoms. The third kappa shape index (κ3) is 3.07. The van der Waals surface area contributed by atoms with Crippen LogP contribution < -0.4 is 10.6 Å². The summed E-state index contributed by atoms with van der Waals surface area (Å²) in [4.78, 5) is 11.8. The lowest BCUT2D eigenvalue weighted by atomic mass is 10.1. The van der Waals surface area contributed by atoms with E-state index in [9.17, 15) is 4.79 Å². The Kier molecular flexibility index (Phi) is 3.79. The molecule has 0 aliphatic carbocycles. The van der Waals surface area contributed by atoms with E-state index in [-0.39, 0.29) is 11.9 Å². The van der Waals surface area contributed by atoms with Crippen LogP contribution in [0.1, 0.15) is 29.5 Å². The van der Waals surface area contributed by atoms with Crippen molar-refractivity contribution >= 4 is 5.91 Å². The number of hydrogen-bond acceptors (Lipinski definition) is 2. The second kappa shape index (κ2) is 5.32. The van der Waals surface area contributed by atoms with Crippen LogP contribution in [0.15, 0.2) is 18.2 Å². The van der Waals surface area contributed by atoms with Gasteiger partial charge in [0.05, 0.1) is 6.04 Å². The highest BCUT2D eigenvalue weighted by molar-refractivity contribution is 5.82. The van der Waals surface area contributed by atoms with Crippen molar-refractivity contribution in [2.24, 2.45) is 0 Å². The molecule has 1 saturated heterocycles. The Bertz CT molecular complexity index is 409. The van der Waals surface area contributed by atoms with Crippen molar-refractivity contribution in [2.75, 3.05) is 6.54 Å². The third-order valence-electron chi connectivity index (χ3n) is 3.33. The molecule has 2 rings (SSSR count). The van der Waals surface area contributed by atoms with E-state index in [0.717, 1.165) is 19.4 Å². The van der Waals surface area contributed by atoms with E-state index in [1.54, 1.807) is 0 Å². The molecular formula is C14H20N2O. The summed E-state index contributed by atoms with van der Waals surface area (Å²) in [7, 11) is 0. The number of carbonyl (C=O) groups excluding carboxylic acids is 1. The second-order valence-corrected chi connectivity index (χ2v) is 4.80. The predicted molar refractivity (Wildman–Crippen MR) is 68.8 cm³/mol. The normalized spacial score (nSPS) is 19.3. The van der Waals surface area contributed by atoms with Gasteiger partial charge in [-0.25, -0.2) is 0 Å². The molecule has 1 aromatic rings. The van der Waals surface area contributed by atoms with Gasteiger partial charge in [-0.15, -0.1) is 0 Å². The fourth-order valence-electron chi connectivity index (χ4n) is 2.26. The molecule has 2 N–H and O–H groups in total. The van der Waals surface area contributed by atoms with Crippen LogP contribution in [0.25, 0.3) is 0 Å². The zero-order chi connectivity index (χ0) is 12.3. The highest BCUT2D eigenvalue weighted by Gasteiger charge is 2.21. The van der Waals surface area contributed by atoms with Crippen LogP contribution in [0, 0.1) is 13.8 Å². The van der Waals surface area contributed by atoms with Gasteiger partial charge in [0.1, 0.15) is 0 Å². The van der Waals surface area contributed by atoms with Gasteiger partial charge in [-0.05, 0) is 44.4 Å². The first-order valence-corrected chi connectivity index (χ1v) is 6.24. The molecule has 3 heteroatoms. The van der Waals surface area contributed by atoms with Gasteiger partial charge in [0.15, 0.2) is 0 Å². The van der Waals surface area contributed by atoms with E-state index < -0.39 is 0 Å². The van der Waals surface area contributed by atoms with Crippen LogP contribution in [0.2, 0.25) is 0 Å². The second-order valence-electron chi connectivity index (χ2n) is 4.80. The maximum absolute atomic E-state index is 11.8. The summed E-state index contributed by atoms with van der Waals surface area (Å²) in [6, 6.07) is 6.34. The minimum absolute atomic E-state index is 0.0146. The molecule has 17 heavy (non-hydrogen) atoms. The van der Waals surface area contributed by atoms with Crippen molar-refractivity contribution in [1.82, 2.24) is 10.6 Å². The summed E-state index contributed by atoms with van der Waals surface area (Å²) in [5, 5.41) is 6.20. The smallest absolute Gasteiger partial charge is 0.237 e. The molecule has 0 radical (unpaired) electrons. The van der Waals surface area contributed by atoms with Gasteiger partial charge in [-0.3, -0.25) is 4.79 Å². The topological polar surface area (TPSA) is 41.1 Å². The average Bonchev–Trinajstić information content (AvgIpc) is 2.81. The molecule has 1 aromatic carbocycles. The van der Waals surface area contributed by atoms with Gasteiger partial charge in [-0.2, -0.15) is 0 Å². The van der Waals surface area contributed by atoms with E-state index in [2.05, 4.69) is 42.7 Å². The fourth-order valence-corrected chi connectivity index (χ4v) is 2.26. The first-order chi connectivity index (χ1) is 8.16. The van der Waals surface area contributed by atoms with Crippen molar-refractivity contribution in [1.29, 1.82) is 0 Å². The molecule has 3 nitrogen and oxygen atoms in total. The molecule has 1 aliphatic rings. The Morgan fingerprint density at radius 2 is 2.29 bits per heavy atom. The number of rotatable bonds is 3. The van der Waals surface area contributed by atoms with Crippen molar-refractivity contribution in [3.05, 3.63) is 34.9 Å². The predicted octanol–water partition coefficient (Wildman–Crippen LogP) is 1.67. The highest BCUT2D eigenvalue weighted by Crippen LogP contribution is 2.11. The lowest BCUT2D eigenvalue weighted by Gasteiger charge is -2.12. The molecule has 1 fully saturated rings. The van der Waals surface area contributed by atoms with Crippen molar-refractivity contribution in [3.63, 3.8) is 0 Å². The summed E-state index contributed by atoms with van der Waals surface area (Å²) < 4.78 is 0. The van der Waals surface area contributed by atoms with Gasteiger partial charge in [0.25, 0.3) is 0 Å². The number of benzene rings is 1. The van der Waals surface area contributed by atoms with E-state index >= 15 is 0 Å². The number of nitrogens with one attached hydrogen (secondary N) is 2. The molecule has 1 heterocycles. The summed E-state index contributed by atoms with van der Waals surface area (Å²) in [5.74, 6) is 0.127. The minimum Gasteiger partial charge on any atom is -0.351 e. The third-order valence-corrected chi connectivity index (χ3v) is 3.33. The van der Waals surface area contributed by atoms with E-state index in [1.165, 1.54) is 16.7 Å². The number of hydrogen-bond donors (Lipinski definition) is 2. The maximum Gasteiger partial charge on any atom is 0.237 e. The molecule has 1 unspecified atom stereocenters. The van der Waals surface area contributed by atoms with Gasteiger partial charge in [0.2, 0.25) is 5.91 Å². The molecule has 1 aliphatic heterocycles. The standard InChI is InChI=1S/C14H20N2O/c1-10-5-6-12(11(2)8-10)9-16-14(17)13-4-3-7-15-13/h5-6,8,13,15H,3-4,7,9H2,1-2H3,(H,16,17). The molecule has 0 aromatic heterocycles. The first kappa shape index (κ1) is 12.1. The van der Waals surface area contributed by atoms with E-state index in [1.807, 2.05) is 0 Å². The Morgan fingerprint density at radius 1 is 1.47 bits per heavy atom. The summed E-state index contributed by atoms with van der Waals surface area (Å²) in [5.41, 5.74) is 3.70. The first-order valence-electron chi connectivity index (χ1n) is 6.24. The van der Waals surface area contributed by atoms with Gasteiger partial charge in [0, 0.05) is 6.54 Å². The maximum atomic E-state index is 11.8. The Labute approximate surface area is 103 Å². The highest BCUT2D eigenvalue weighted by atomic mass is 16.2. The average molecular weight is 232 g/mol. The summed E-state index contributed by atoms with van der Waals surface area (Å²) in [6.45, 7) is 5.75. The lowest BCUT2D eigenvalue weighted by molar-refractivity contribution is -0.122. The van der Waals surface area contributed by atoms with Crippen molar-refractivity contribution in [2.45, 2.75) is 39.3 Å². The minimum atomic E-state index is 0.0146. The van der Waals surface area contributed by atoms with Gasteiger partial charge >= 0.3 is 0 Å². The quantitative estimate of drug-likeness (QED) is 0.832. The molecule has 0 bridgehead atoms. The largest absolute Gasteiger partial charge is 0.351 e. The number of amides is 1. The molecule has 0 saturated carbocycles. The lowest BCUT2D eigenvalue weighted by Crippen LogP contribution is -2.40. The van der Waals surface area contributed by atoms with Crippen LogP contribution in [-0.2, 0) is 11.3 Å². The van der Waals surface area contributed by atoms with Crippen LogP contribution in [0.3, 0.4) is 0 Å². The van der Waals surface area contributed by atoms with Crippen molar-refractivity contribution in [3.8, 4) is 0 Å². The zero-order valence-electron chi connectivity index (χ0n) is 10.5. The van der Waals surface area contributed by atoms with Gasteiger partial charge in [-0.1, -0.05) is 23.8 Å². The zero-order valence-corrected chi connectivity index (χ0v) is 10.5. The SMILES string of the molecule is Cc1ccc(CNC(=O)C2CCCN2)c(C)c1. The Morgan fingerprint density at radius 3 is 2.94 bits per heavy atom. The molecule has 92 valence electrons. The fraction of sp³-hybridized carbons (Fsp3) is 0.500. The Hall–Kier alpha value is -1.35.